The Morgan fingerprint density at radius 2 is 1.70 bits per heavy atom. The highest BCUT2D eigenvalue weighted by Gasteiger charge is 2.63. The van der Waals surface area contributed by atoms with E-state index in [9.17, 15) is 19.2 Å². The van der Waals surface area contributed by atoms with Gasteiger partial charge in [-0.1, -0.05) is 60.9 Å². The minimum atomic E-state index is -0.909. The molecule has 4 aliphatic carbocycles. The van der Waals surface area contributed by atoms with E-state index in [-0.39, 0.29) is 29.1 Å². The Kier molecular flexibility index (Phi) is 6.72. The molecular formula is C36H42O4. The summed E-state index contributed by atoms with van der Waals surface area (Å²) < 4.78 is 0. The van der Waals surface area contributed by atoms with Crippen LogP contribution in [0.15, 0.2) is 58.2 Å². The lowest BCUT2D eigenvalue weighted by molar-refractivity contribution is -0.134. The molecule has 0 amide bonds. The fourth-order valence-corrected chi connectivity index (χ4v) is 8.62. The highest BCUT2D eigenvalue weighted by molar-refractivity contribution is 6.24. The Morgan fingerprint density at radius 3 is 2.33 bits per heavy atom. The summed E-state index contributed by atoms with van der Waals surface area (Å²) >= 11 is 0. The van der Waals surface area contributed by atoms with E-state index >= 15 is 0 Å². The van der Waals surface area contributed by atoms with Crippen molar-refractivity contribution in [2.24, 2.45) is 22.2 Å². The highest BCUT2D eigenvalue weighted by atomic mass is 16.2. The van der Waals surface area contributed by atoms with Crippen LogP contribution in [0.4, 0.5) is 0 Å². The third-order valence-electron chi connectivity index (χ3n) is 10.8. The molecule has 4 atom stereocenters. The predicted octanol–water partition coefficient (Wildman–Crippen LogP) is 7.38. The minimum Gasteiger partial charge on any atom is -0.299 e. The zero-order valence-electron chi connectivity index (χ0n) is 25.3. The third kappa shape index (κ3) is 4.01. The maximum atomic E-state index is 14.4. The van der Waals surface area contributed by atoms with Gasteiger partial charge in [0.25, 0.3) is 0 Å². The predicted molar refractivity (Wildman–Crippen MR) is 158 cm³/mol. The van der Waals surface area contributed by atoms with Gasteiger partial charge in [-0.3, -0.25) is 19.2 Å². The molecule has 40 heavy (non-hydrogen) atoms. The van der Waals surface area contributed by atoms with Gasteiger partial charge in [-0.25, -0.2) is 0 Å². The molecule has 0 saturated carbocycles. The van der Waals surface area contributed by atoms with Crippen molar-refractivity contribution in [1.82, 2.24) is 0 Å². The average molecular weight is 539 g/mol. The molecule has 0 N–H and O–H groups in total. The van der Waals surface area contributed by atoms with E-state index in [4.69, 9.17) is 0 Å². The zero-order valence-corrected chi connectivity index (χ0v) is 25.3. The number of carbonyl (C=O) groups excluding carboxylic acids is 4. The monoisotopic (exact) mass is 538 g/mol. The average Bonchev–Trinajstić information content (AvgIpc) is 2.85. The first kappa shape index (κ1) is 28.4. The van der Waals surface area contributed by atoms with Crippen LogP contribution in [0.25, 0.3) is 0 Å². The molecule has 210 valence electrons. The zero-order chi connectivity index (χ0) is 29.4. The van der Waals surface area contributed by atoms with Gasteiger partial charge < -0.3 is 0 Å². The van der Waals surface area contributed by atoms with E-state index in [1.165, 1.54) is 12.5 Å². The number of Topliss-reactive ketones (excluding diaryl/α,β-unsaturated/α-hetero) is 4. The van der Waals surface area contributed by atoms with Crippen molar-refractivity contribution >= 4 is 23.1 Å². The molecule has 0 radical (unpaired) electrons. The molecule has 0 spiro atoms. The van der Waals surface area contributed by atoms with E-state index < -0.39 is 16.2 Å². The highest BCUT2D eigenvalue weighted by Crippen LogP contribution is 2.66. The second-order valence-corrected chi connectivity index (χ2v) is 13.7. The molecule has 0 saturated heterocycles. The quantitative estimate of drug-likeness (QED) is 0.367. The Labute approximate surface area is 238 Å². The summed E-state index contributed by atoms with van der Waals surface area (Å²) in [5, 5.41) is 0. The van der Waals surface area contributed by atoms with Crippen molar-refractivity contribution in [3.05, 3.63) is 80.5 Å². The van der Waals surface area contributed by atoms with Gasteiger partial charge in [0.15, 0.2) is 17.3 Å². The van der Waals surface area contributed by atoms with Crippen LogP contribution in [0.3, 0.4) is 0 Å². The number of aryl methyl sites for hydroxylation is 2. The molecule has 4 aliphatic rings. The lowest BCUT2D eigenvalue weighted by atomic mass is 9.42. The van der Waals surface area contributed by atoms with Gasteiger partial charge in [0.05, 0.1) is 11.0 Å². The van der Waals surface area contributed by atoms with Crippen LogP contribution in [0.5, 0.6) is 0 Å². The van der Waals surface area contributed by atoms with Crippen molar-refractivity contribution in [3.63, 3.8) is 0 Å². The summed E-state index contributed by atoms with van der Waals surface area (Å²) in [4.78, 5) is 54.1. The molecule has 4 nitrogen and oxygen atoms in total. The Morgan fingerprint density at radius 1 is 1.00 bits per heavy atom. The second kappa shape index (κ2) is 9.46. The van der Waals surface area contributed by atoms with Gasteiger partial charge in [0, 0.05) is 28.9 Å². The van der Waals surface area contributed by atoms with Crippen molar-refractivity contribution in [2.45, 2.75) is 93.9 Å². The Hall–Kier alpha value is -3.14. The number of allylic oxidation sites excluding steroid dienone is 8. The van der Waals surface area contributed by atoms with Gasteiger partial charge in [-0.05, 0) is 95.8 Å². The summed E-state index contributed by atoms with van der Waals surface area (Å²) in [7, 11) is 0. The Balaban J connectivity index is 1.56. The summed E-state index contributed by atoms with van der Waals surface area (Å²) in [6.45, 7) is 15.7. The van der Waals surface area contributed by atoms with Crippen LogP contribution >= 0.6 is 0 Å². The fourth-order valence-electron chi connectivity index (χ4n) is 8.62. The van der Waals surface area contributed by atoms with Gasteiger partial charge >= 0.3 is 0 Å². The number of benzene rings is 1. The molecule has 1 aromatic rings. The normalized spacial score (nSPS) is 31.5. The number of fused-ring (bicyclic) bond motifs is 3. The molecule has 4 heteroatoms. The summed E-state index contributed by atoms with van der Waals surface area (Å²) in [6.07, 6.45) is 10.0. The lowest BCUT2D eigenvalue weighted by Gasteiger charge is -2.59. The number of hydrogen-bond acceptors (Lipinski definition) is 4. The molecule has 0 aromatic heterocycles. The smallest absolute Gasteiger partial charge is 0.190 e. The molecule has 4 unspecified atom stereocenters. The van der Waals surface area contributed by atoms with Crippen LogP contribution in [0.1, 0.15) is 101 Å². The first-order valence-corrected chi connectivity index (χ1v) is 14.7. The van der Waals surface area contributed by atoms with E-state index in [1.807, 2.05) is 45.9 Å². The van der Waals surface area contributed by atoms with Gasteiger partial charge in [0.2, 0.25) is 0 Å². The molecule has 0 aliphatic heterocycles. The lowest BCUT2D eigenvalue weighted by Crippen LogP contribution is -2.57. The van der Waals surface area contributed by atoms with Crippen LogP contribution < -0.4 is 0 Å². The van der Waals surface area contributed by atoms with Crippen molar-refractivity contribution in [2.75, 3.05) is 0 Å². The van der Waals surface area contributed by atoms with Crippen LogP contribution in [-0.4, -0.2) is 23.1 Å². The topological polar surface area (TPSA) is 68.3 Å². The van der Waals surface area contributed by atoms with E-state index in [1.54, 1.807) is 0 Å². The van der Waals surface area contributed by atoms with E-state index in [0.29, 0.717) is 37.7 Å². The number of carbonyl (C=O) groups is 4. The third-order valence-corrected chi connectivity index (χ3v) is 10.8. The molecular weight excluding hydrogens is 496 g/mol. The van der Waals surface area contributed by atoms with Gasteiger partial charge in [-0.2, -0.15) is 0 Å². The van der Waals surface area contributed by atoms with Crippen molar-refractivity contribution in [3.8, 4) is 0 Å². The largest absolute Gasteiger partial charge is 0.299 e. The number of rotatable bonds is 5. The van der Waals surface area contributed by atoms with Crippen molar-refractivity contribution in [1.29, 1.82) is 0 Å². The summed E-state index contributed by atoms with van der Waals surface area (Å²) in [6, 6.07) is 4.10. The maximum Gasteiger partial charge on any atom is 0.190 e. The van der Waals surface area contributed by atoms with Gasteiger partial charge in [-0.15, -0.1) is 0 Å². The van der Waals surface area contributed by atoms with Crippen molar-refractivity contribution < 1.29 is 19.2 Å². The molecule has 1 aromatic carbocycles. The SMILES string of the molecule is CC(=O)C1=C(C)CC2(C)CC3(C)Cc4c(CCC(=O)C5C=CC(C)=CC5)ccc(C)c4C(=O)C3=C(C)C2(C)C1=O. The summed E-state index contributed by atoms with van der Waals surface area (Å²) in [5.41, 5.74) is 6.01. The first-order chi connectivity index (χ1) is 18.6. The second-order valence-electron chi connectivity index (χ2n) is 13.7. The first-order valence-electron chi connectivity index (χ1n) is 14.7. The standard InChI is InChI=1S/C36H42O4/c1-20-9-12-26(13-10-20)28(38)16-15-25-14-11-21(2)30-27(25)18-34(6)19-35(7)17-22(3)29(24(5)37)33(40)36(35,8)23(4)31(34)32(30)39/h9-12,14,26H,13,15-19H2,1-8H3. The molecule has 0 heterocycles. The number of hydrogen-bond donors (Lipinski definition) is 0. The molecule has 0 bridgehead atoms. The van der Waals surface area contributed by atoms with Crippen LogP contribution in [0.2, 0.25) is 0 Å². The van der Waals surface area contributed by atoms with Crippen LogP contribution in [0, 0.1) is 29.1 Å². The van der Waals surface area contributed by atoms with E-state index in [2.05, 4.69) is 32.9 Å². The molecule has 5 rings (SSSR count). The van der Waals surface area contributed by atoms with Gasteiger partial charge in [0.1, 0.15) is 5.78 Å². The molecule has 0 fully saturated rings. The van der Waals surface area contributed by atoms with E-state index in [0.717, 1.165) is 45.4 Å². The summed E-state index contributed by atoms with van der Waals surface area (Å²) in [5.74, 6) is -0.152. The van der Waals surface area contributed by atoms with Crippen LogP contribution in [-0.2, 0) is 27.2 Å². The maximum absolute atomic E-state index is 14.4. The number of ketones is 4. The minimum absolute atomic E-state index is 0.00878. The Bertz CT molecular complexity index is 1510. The fraction of sp³-hybridized carbons (Fsp3) is 0.500.